The number of halogens is 1. The van der Waals surface area contributed by atoms with E-state index in [1.54, 1.807) is 36.4 Å². The molecule has 0 radical (unpaired) electrons. The Morgan fingerprint density at radius 2 is 1.56 bits per heavy atom. The van der Waals surface area contributed by atoms with Gasteiger partial charge < -0.3 is 14.8 Å². The van der Waals surface area contributed by atoms with Crippen molar-refractivity contribution in [2.75, 3.05) is 24.1 Å². The first-order chi connectivity index (χ1) is 16.3. The number of ether oxygens (including phenoxy) is 2. The van der Waals surface area contributed by atoms with Crippen LogP contribution in [0.1, 0.15) is 19.4 Å². The van der Waals surface area contributed by atoms with Crippen LogP contribution in [0.15, 0.2) is 77.7 Å². The van der Waals surface area contributed by atoms with Crippen molar-refractivity contribution in [2.24, 2.45) is 0 Å². The van der Waals surface area contributed by atoms with Gasteiger partial charge in [0.15, 0.2) is 11.5 Å². The van der Waals surface area contributed by atoms with Crippen LogP contribution in [0.3, 0.4) is 0 Å². The van der Waals surface area contributed by atoms with Crippen molar-refractivity contribution in [3.63, 3.8) is 0 Å². The van der Waals surface area contributed by atoms with Crippen molar-refractivity contribution in [1.29, 1.82) is 0 Å². The number of sulfonamides is 1. The summed E-state index contributed by atoms with van der Waals surface area (Å²) in [6.45, 7) is 4.37. The predicted octanol–water partition coefficient (Wildman–Crippen LogP) is 4.13. The van der Waals surface area contributed by atoms with Crippen LogP contribution in [-0.2, 0) is 21.4 Å². The quantitative estimate of drug-likeness (QED) is 0.441. The van der Waals surface area contributed by atoms with Crippen molar-refractivity contribution >= 4 is 21.6 Å². The molecule has 0 unspecified atom stereocenters. The van der Waals surface area contributed by atoms with E-state index >= 15 is 0 Å². The second-order valence-corrected chi connectivity index (χ2v) is 9.09. The van der Waals surface area contributed by atoms with Gasteiger partial charge in [-0.3, -0.25) is 9.10 Å². The fraction of sp³-hybridized carbons (Fsp3) is 0.240. The normalized spacial score (nSPS) is 11.0. The summed E-state index contributed by atoms with van der Waals surface area (Å²) in [5.74, 6) is 0.146. The smallest absolute Gasteiger partial charge is 0.264 e. The van der Waals surface area contributed by atoms with Crippen molar-refractivity contribution in [2.45, 2.75) is 25.3 Å². The maximum atomic E-state index is 13.4. The van der Waals surface area contributed by atoms with Crippen molar-refractivity contribution in [3.05, 3.63) is 84.2 Å². The molecule has 9 heteroatoms. The maximum absolute atomic E-state index is 13.4. The molecule has 0 saturated carbocycles. The van der Waals surface area contributed by atoms with Gasteiger partial charge in [0.05, 0.1) is 23.8 Å². The minimum absolute atomic E-state index is 0.0278. The van der Waals surface area contributed by atoms with Gasteiger partial charge in [0.25, 0.3) is 10.0 Å². The minimum atomic E-state index is -4.06. The zero-order chi connectivity index (χ0) is 24.6. The lowest BCUT2D eigenvalue weighted by atomic mass is 10.2. The summed E-state index contributed by atoms with van der Waals surface area (Å²) in [6.07, 6.45) is 0. The Bertz CT molecular complexity index is 1200. The average molecular weight is 487 g/mol. The molecule has 1 N–H and O–H groups in total. The summed E-state index contributed by atoms with van der Waals surface area (Å²) < 4.78 is 52.1. The van der Waals surface area contributed by atoms with Crippen LogP contribution in [-0.4, -0.2) is 34.1 Å². The van der Waals surface area contributed by atoms with Gasteiger partial charge >= 0.3 is 0 Å². The van der Waals surface area contributed by atoms with Gasteiger partial charge in [-0.15, -0.1) is 0 Å². The van der Waals surface area contributed by atoms with Crippen molar-refractivity contribution < 1.29 is 27.1 Å². The van der Waals surface area contributed by atoms with E-state index in [0.717, 1.165) is 22.0 Å². The van der Waals surface area contributed by atoms with Crippen LogP contribution < -0.4 is 19.1 Å². The molecule has 3 aromatic carbocycles. The van der Waals surface area contributed by atoms with Crippen molar-refractivity contribution in [1.82, 2.24) is 5.32 Å². The van der Waals surface area contributed by atoms with Crippen LogP contribution in [0.4, 0.5) is 10.1 Å². The molecule has 0 fully saturated rings. The predicted molar refractivity (Wildman–Crippen MR) is 128 cm³/mol. The van der Waals surface area contributed by atoms with E-state index in [4.69, 9.17) is 9.47 Å². The molecule has 0 heterocycles. The lowest BCUT2D eigenvalue weighted by Crippen LogP contribution is -2.40. The SMILES string of the molecule is CCOc1ccc(CNC(=O)CN(c2ccc(F)cc2)S(=O)(=O)c2ccccc2)cc1OCC. The van der Waals surface area contributed by atoms with E-state index < -0.39 is 28.3 Å². The number of hydrogen-bond acceptors (Lipinski definition) is 5. The molecule has 0 bridgehead atoms. The summed E-state index contributed by atoms with van der Waals surface area (Å²) in [4.78, 5) is 12.8. The molecule has 3 aromatic rings. The molecule has 0 aromatic heterocycles. The molecular weight excluding hydrogens is 459 g/mol. The Labute approximate surface area is 199 Å². The Morgan fingerprint density at radius 3 is 2.21 bits per heavy atom. The van der Waals surface area contributed by atoms with Crippen LogP contribution in [0.5, 0.6) is 11.5 Å². The molecule has 180 valence electrons. The summed E-state index contributed by atoms with van der Waals surface area (Å²) in [5.41, 5.74) is 0.944. The number of carbonyl (C=O) groups is 1. The van der Waals surface area contributed by atoms with Gasteiger partial charge in [-0.1, -0.05) is 24.3 Å². The minimum Gasteiger partial charge on any atom is -0.490 e. The molecule has 7 nitrogen and oxygen atoms in total. The fourth-order valence-electron chi connectivity index (χ4n) is 3.23. The molecule has 34 heavy (non-hydrogen) atoms. The number of carbonyl (C=O) groups excluding carboxylic acids is 1. The number of benzene rings is 3. The van der Waals surface area contributed by atoms with E-state index in [0.29, 0.717) is 24.7 Å². The lowest BCUT2D eigenvalue weighted by Gasteiger charge is -2.24. The van der Waals surface area contributed by atoms with E-state index in [1.807, 2.05) is 13.8 Å². The third kappa shape index (κ3) is 6.26. The topological polar surface area (TPSA) is 84.9 Å². The number of hydrogen-bond donors (Lipinski definition) is 1. The Kier molecular flexibility index (Phi) is 8.48. The number of nitrogens with one attached hydrogen (secondary N) is 1. The maximum Gasteiger partial charge on any atom is 0.264 e. The fourth-order valence-corrected chi connectivity index (χ4v) is 4.68. The van der Waals surface area contributed by atoms with Gasteiger partial charge in [-0.05, 0) is 67.9 Å². The number of amides is 1. The Hall–Kier alpha value is -3.59. The van der Waals surface area contributed by atoms with E-state index in [-0.39, 0.29) is 17.1 Å². The van der Waals surface area contributed by atoms with Crippen LogP contribution in [0.2, 0.25) is 0 Å². The number of rotatable bonds is 11. The Morgan fingerprint density at radius 1 is 0.912 bits per heavy atom. The highest BCUT2D eigenvalue weighted by Crippen LogP contribution is 2.28. The first kappa shape index (κ1) is 25.0. The monoisotopic (exact) mass is 486 g/mol. The largest absolute Gasteiger partial charge is 0.490 e. The van der Waals surface area contributed by atoms with Gasteiger partial charge in [0.1, 0.15) is 12.4 Å². The highest BCUT2D eigenvalue weighted by molar-refractivity contribution is 7.92. The molecule has 0 saturated heterocycles. The van der Waals surface area contributed by atoms with E-state index in [1.165, 1.54) is 24.3 Å². The van der Waals surface area contributed by atoms with E-state index in [9.17, 15) is 17.6 Å². The molecule has 0 atom stereocenters. The van der Waals surface area contributed by atoms with Gasteiger partial charge in [-0.2, -0.15) is 0 Å². The van der Waals surface area contributed by atoms with Gasteiger partial charge in [0.2, 0.25) is 5.91 Å². The number of nitrogens with zero attached hydrogens (tertiary/aromatic N) is 1. The molecule has 3 rings (SSSR count). The third-order valence-corrected chi connectivity index (χ3v) is 6.62. The Balaban J connectivity index is 1.79. The second-order valence-electron chi connectivity index (χ2n) is 7.22. The van der Waals surface area contributed by atoms with Crippen molar-refractivity contribution in [3.8, 4) is 11.5 Å². The summed E-state index contributed by atoms with van der Waals surface area (Å²) in [6, 6.07) is 18.0. The summed E-state index contributed by atoms with van der Waals surface area (Å²) >= 11 is 0. The zero-order valence-electron chi connectivity index (χ0n) is 19.0. The zero-order valence-corrected chi connectivity index (χ0v) is 19.8. The third-order valence-electron chi connectivity index (χ3n) is 4.83. The molecule has 1 amide bonds. The highest BCUT2D eigenvalue weighted by Gasteiger charge is 2.27. The first-order valence-electron chi connectivity index (χ1n) is 10.8. The molecule has 0 aliphatic heterocycles. The molecular formula is C25H27FN2O5S. The summed E-state index contributed by atoms with van der Waals surface area (Å²) in [7, 11) is -4.06. The van der Waals surface area contributed by atoms with Gasteiger partial charge in [-0.25, -0.2) is 12.8 Å². The second kappa shape index (κ2) is 11.5. The molecule has 0 aliphatic carbocycles. The average Bonchev–Trinajstić information content (AvgIpc) is 2.84. The van der Waals surface area contributed by atoms with Crippen LogP contribution in [0.25, 0.3) is 0 Å². The lowest BCUT2D eigenvalue weighted by molar-refractivity contribution is -0.119. The molecule has 0 aliphatic rings. The first-order valence-corrected chi connectivity index (χ1v) is 12.3. The van der Waals surface area contributed by atoms with Gasteiger partial charge in [0, 0.05) is 6.54 Å². The molecule has 0 spiro atoms. The standard InChI is InChI=1S/C25H27FN2O5S/c1-3-32-23-15-10-19(16-24(23)33-4-2)17-27-25(29)18-28(21-13-11-20(26)12-14-21)34(30,31)22-8-6-5-7-9-22/h5-16H,3-4,17-18H2,1-2H3,(H,27,29). The summed E-state index contributed by atoms with van der Waals surface area (Å²) in [5, 5.41) is 2.74. The van der Waals surface area contributed by atoms with Crippen LogP contribution >= 0.6 is 0 Å². The van der Waals surface area contributed by atoms with Crippen LogP contribution in [0, 0.1) is 5.82 Å². The van der Waals surface area contributed by atoms with E-state index in [2.05, 4.69) is 5.32 Å². The number of anilines is 1. The highest BCUT2D eigenvalue weighted by atomic mass is 32.2.